The number of hydrogen-bond donors (Lipinski definition) is 0. The smallest absolute Gasteiger partial charge is 0.236 e. The van der Waals surface area contributed by atoms with Crippen molar-refractivity contribution >= 4 is 17.5 Å². The zero-order chi connectivity index (χ0) is 14.0. The summed E-state index contributed by atoms with van der Waals surface area (Å²) in [5, 5.41) is 8.87. The molecule has 0 saturated carbocycles. The number of rotatable bonds is 3. The molecule has 2 rings (SSSR count). The van der Waals surface area contributed by atoms with E-state index in [4.69, 9.17) is 10.00 Å². The maximum absolute atomic E-state index is 11.8. The Labute approximate surface area is 109 Å². The van der Waals surface area contributed by atoms with Gasteiger partial charge >= 0.3 is 0 Å². The van der Waals surface area contributed by atoms with E-state index in [0.717, 1.165) is 0 Å². The van der Waals surface area contributed by atoms with E-state index in [1.807, 2.05) is 6.07 Å². The van der Waals surface area contributed by atoms with Crippen molar-refractivity contribution in [1.82, 2.24) is 4.98 Å². The van der Waals surface area contributed by atoms with Gasteiger partial charge in [-0.25, -0.2) is 4.98 Å². The highest BCUT2D eigenvalue weighted by molar-refractivity contribution is 6.08. The molecule has 1 aliphatic rings. The molecule has 0 spiro atoms. The van der Waals surface area contributed by atoms with Crippen molar-refractivity contribution in [3.05, 3.63) is 29.6 Å². The first-order valence-electron chi connectivity index (χ1n) is 5.54. The molecule has 0 aliphatic carbocycles. The highest BCUT2D eigenvalue weighted by atomic mass is 16.5. The predicted octanol–water partition coefficient (Wildman–Crippen LogP) is 1.17. The third kappa shape index (κ3) is 2.31. The van der Waals surface area contributed by atoms with Crippen molar-refractivity contribution in [3.63, 3.8) is 0 Å². The summed E-state index contributed by atoms with van der Waals surface area (Å²) < 4.78 is 5.06. The van der Waals surface area contributed by atoms with Gasteiger partial charge in [-0.15, -0.1) is 0 Å². The van der Waals surface area contributed by atoms with Crippen LogP contribution in [-0.4, -0.2) is 23.8 Å². The minimum atomic E-state index is -0.232. The monoisotopic (exact) mass is 257 g/mol. The normalized spacial score (nSPS) is 14.1. The molecule has 0 saturated heterocycles. The third-order valence-electron chi connectivity index (χ3n) is 2.79. The van der Waals surface area contributed by atoms with Crippen LogP contribution in [0.5, 0.6) is 5.75 Å². The topological polar surface area (TPSA) is 83.3 Å². The van der Waals surface area contributed by atoms with Crippen molar-refractivity contribution in [2.45, 2.75) is 13.3 Å². The molecule has 1 aromatic rings. The second-order valence-corrected chi connectivity index (χ2v) is 4.01. The molecule has 0 N–H and O–H groups in total. The van der Waals surface area contributed by atoms with Crippen molar-refractivity contribution in [3.8, 4) is 11.8 Å². The molecule has 0 atom stereocenters. The first-order chi connectivity index (χ1) is 9.06. The molecule has 1 aliphatic heterocycles. The van der Waals surface area contributed by atoms with Crippen LogP contribution in [0.15, 0.2) is 24.0 Å². The number of nitriles is 1. The van der Waals surface area contributed by atoms with Gasteiger partial charge in [0, 0.05) is 17.8 Å². The van der Waals surface area contributed by atoms with E-state index in [0.29, 0.717) is 17.1 Å². The summed E-state index contributed by atoms with van der Waals surface area (Å²) in [6.07, 6.45) is 2.87. The molecule has 0 radical (unpaired) electrons. The van der Waals surface area contributed by atoms with E-state index in [1.54, 1.807) is 0 Å². The standard InChI is InChI=1S/C13H11N3O3/c1-8(17)9-3-13(18)16(7-9)12-4-11(19-2)10(5-14)6-15-12/h4,6-7H,3H2,1-2H3. The average molecular weight is 257 g/mol. The molecular weight excluding hydrogens is 246 g/mol. The highest BCUT2D eigenvalue weighted by Gasteiger charge is 2.26. The number of nitrogens with zero attached hydrogens (tertiary/aromatic N) is 3. The Morgan fingerprint density at radius 1 is 1.58 bits per heavy atom. The van der Waals surface area contributed by atoms with E-state index < -0.39 is 0 Å². The van der Waals surface area contributed by atoms with Crippen LogP contribution < -0.4 is 9.64 Å². The fourth-order valence-electron chi connectivity index (χ4n) is 1.74. The molecule has 0 unspecified atom stereocenters. The summed E-state index contributed by atoms with van der Waals surface area (Å²) in [6.45, 7) is 1.41. The molecule has 6 nitrogen and oxygen atoms in total. The second-order valence-electron chi connectivity index (χ2n) is 4.01. The maximum atomic E-state index is 11.8. The third-order valence-corrected chi connectivity index (χ3v) is 2.79. The van der Waals surface area contributed by atoms with Crippen LogP contribution >= 0.6 is 0 Å². The van der Waals surface area contributed by atoms with Crippen molar-refractivity contribution in [2.24, 2.45) is 0 Å². The van der Waals surface area contributed by atoms with Gasteiger partial charge in [0.1, 0.15) is 23.2 Å². The Hall–Kier alpha value is -2.68. The van der Waals surface area contributed by atoms with Crippen LogP contribution in [0.3, 0.4) is 0 Å². The minimum absolute atomic E-state index is 0.0688. The fraction of sp³-hybridized carbons (Fsp3) is 0.231. The van der Waals surface area contributed by atoms with E-state index in [1.165, 1.54) is 37.4 Å². The zero-order valence-electron chi connectivity index (χ0n) is 10.5. The van der Waals surface area contributed by atoms with Gasteiger partial charge in [0.15, 0.2) is 5.78 Å². The SMILES string of the molecule is COc1cc(N2C=C(C(C)=O)CC2=O)ncc1C#N. The predicted molar refractivity (Wildman–Crippen MR) is 66.4 cm³/mol. The molecule has 2 heterocycles. The van der Waals surface area contributed by atoms with Gasteiger partial charge in [-0.2, -0.15) is 5.26 Å². The lowest BCUT2D eigenvalue weighted by Crippen LogP contribution is -2.20. The number of pyridine rings is 1. The van der Waals surface area contributed by atoms with Gasteiger partial charge in [-0.3, -0.25) is 14.5 Å². The number of carbonyl (C=O) groups is 2. The van der Waals surface area contributed by atoms with Crippen molar-refractivity contribution in [1.29, 1.82) is 5.26 Å². The molecule has 1 amide bonds. The molecular formula is C13H11N3O3. The Morgan fingerprint density at radius 3 is 2.84 bits per heavy atom. The number of ketones is 1. The van der Waals surface area contributed by atoms with Crippen LogP contribution in [0.25, 0.3) is 0 Å². The fourth-order valence-corrected chi connectivity index (χ4v) is 1.74. The molecule has 0 fully saturated rings. The van der Waals surface area contributed by atoms with Gasteiger partial charge in [0.05, 0.1) is 19.7 Å². The Morgan fingerprint density at radius 2 is 2.32 bits per heavy atom. The summed E-state index contributed by atoms with van der Waals surface area (Å²) in [4.78, 5) is 28.4. The highest BCUT2D eigenvalue weighted by Crippen LogP contribution is 2.27. The molecule has 0 aromatic carbocycles. The Balaban J connectivity index is 2.41. The Kier molecular flexibility index (Phi) is 3.29. The average Bonchev–Trinajstić information content (AvgIpc) is 2.80. The lowest BCUT2D eigenvalue weighted by atomic mass is 10.2. The van der Waals surface area contributed by atoms with E-state index in [-0.39, 0.29) is 23.7 Å². The minimum Gasteiger partial charge on any atom is -0.495 e. The summed E-state index contributed by atoms with van der Waals surface area (Å²) in [5.74, 6) is 0.294. The van der Waals surface area contributed by atoms with E-state index >= 15 is 0 Å². The van der Waals surface area contributed by atoms with Gasteiger partial charge in [-0.1, -0.05) is 0 Å². The first kappa shape index (κ1) is 12.8. The summed E-state index contributed by atoms with van der Waals surface area (Å²) in [7, 11) is 1.43. The molecule has 96 valence electrons. The van der Waals surface area contributed by atoms with Crippen molar-refractivity contribution in [2.75, 3.05) is 12.0 Å². The van der Waals surface area contributed by atoms with Crippen molar-refractivity contribution < 1.29 is 14.3 Å². The summed E-state index contributed by atoms with van der Waals surface area (Å²) >= 11 is 0. The number of anilines is 1. The number of aromatic nitrogens is 1. The second kappa shape index (κ2) is 4.90. The number of ether oxygens (including phenoxy) is 1. The Bertz CT molecular complexity index is 629. The number of Topliss-reactive ketones (excluding diaryl/α,β-unsaturated/α-hetero) is 1. The van der Waals surface area contributed by atoms with E-state index in [9.17, 15) is 9.59 Å². The number of amides is 1. The van der Waals surface area contributed by atoms with Crippen LogP contribution in [0.1, 0.15) is 18.9 Å². The van der Waals surface area contributed by atoms with Crippen LogP contribution in [-0.2, 0) is 9.59 Å². The lowest BCUT2D eigenvalue weighted by molar-refractivity contribution is -0.118. The quantitative estimate of drug-likeness (QED) is 0.811. The van der Waals surface area contributed by atoms with Gasteiger partial charge in [-0.05, 0) is 6.92 Å². The lowest BCUT2D eigenvalue weighted by Gasteiger charge is -2.13. The summed E-state index contributed by atoms with van der Waals surface area (Å²) in [5.41, 5.74) is 0.726. The zero-order valence-corrected chi connectivity index (χ0v) is 10.5. The molecule has 1 aromatic heterocycles. The number of hydrogen-bond acceptors (Lipinski definition) is 5. The van der Waals surface area contributed by atoms with E-state index in [2.05, 4.69) is 4.98 Å². The number of methoxy groups -OCH3 is 1. The first-order valence-corrected chi connectivity index (χ1v) is 5.54. The van der Waals surface area contributed by atoms with Gasteiger partial charge < -0.3 is 4.74 Å². The molecule has 19 heavy (non-hydrogen) atoms. The van der Waals surface area contributed by atoms with Gasteiger partial charge in [0.25, 0.3) is 0 Å². The molecule has 0 bridgehead atoms. The largest absolute Gasteiger partial charge is 0.495 e. The van der Waals surface area contributed by atoms with Crippen LogP contribution in [0, 0.1) is 11.3 Å². The number of carbonyl (C=O) groups excluding carboxylic acids is 2. The van der Waals surface area contributed by atoms with Crippen LogP contribution in [0.4, 0.5) is 5.82 Å². The molecule has 6 heteroatoms. The maximum Gasteiger partial charge on any atom is 0.236 e. The summed E-state index contributed by atoms with van der Waals surface area (Å²) in [6, 6.07) is 3.44. The van der Waals surface area contributed by atoms with Gasteiger partial charge in [0.2, 0.25) is 5.91 Å². The van der Waals surface area contributed by atoms with Crippen LogP contribution in [0.2, 0.25) is 0 Å².